The van der Waals surface area contributed by atoms with Crippen LogP contribution >= 0.6 is 15.9 Å². The summed E-state index contributed by atoms with van der Waals surface area (Å²) in [7, 11) is 1.80. The Morgan fingerprint density at radius 2 is 2.19 bits per heavy atom. The summed E-state index contributed by atoms with van der Waals surface area (Å²) >= 11 is 3.45. The van der Waals surface area contributed by atoms with E-state index < -0.39 is 0 Å². The Morgan fingerprint density at radius 3 is 2.81 bits per heavy atom. The number of likely N-dealkylation sites (N-methyl/N-ethyl adjacent to an activating group) is 1. The Hall–Kier alpha value is -1.03. The predicted octanol–water partition coefficient (Wildman–Crippen LogP) is 2.65. The van der Waals surface area contributed by atoms with E-state index in [-0.39, 0.29) is 5.91 Å². The number of benzene rings is 1. The number of carbonyl (C=O) groups is 1. The number of anilines is 1. The van der Waals surface area contributed by atoms with Gasteiger partial charge in [0, 0.05) is 23.8 Å². The quantitative estimate of drug-likeness (QED) is 0.922. The van der Waals surface area contributed by atoms with Gasteiger partial charge < -0.3 is 10.2 Å². The van der Waals surface area contributed by atoms with Crippen LogP contribution in [0.25, 0.3) is 0 Å². The zero-order valence-electron chi connectivity index (χ0n) is 9.88. The second-order valence-electron chi connectivity index (χ2n) is 3.74. The topological polar surface area (TPSA) is 32.3 Å². The monoisotopic (exact) mass is 284 g/mol. The van der Waals surface area contributed by atoms with Crippen LogP contribution in [-0.2, 0) is 4.79 Å². The molecule has 0 radical (unpaired) electrons. The highest BCUT2D eigenvalue weighted by Gasteiger charge is 2.07. The van der Waals surface area contributed by atoms with Gasteiger partial charge in [-0.15, -0.1) is 0 Å². The molecule has 0 saturated carbocycles. The molecule has 1 amide bonds. The molecule has 0 saturated heterocycles. The number of halogens is 1. The Balaban J connectivity index is 2.61. The number of rotatable bonds is 4. The summed E-state index contributed by atoms with van der Waals surface area (Å²) in [6.07, 6.45) is 0. The third-order valence-electron chi connectivity index (χ3n) is 2.45. The lowest BCUT2D eigenvalue weighted by Gasteiger charge is -2.16. The summed E-state index contributed by atoms with van der Waals surface area (Å²) in [6.45, 7) is 5.04. The van der Waals surface area contributed by atoms with Gasteiger partial charge >= 0.3 is 0 Å². The first kappa shape index (κ1) is 13.0. The maximum atomic E-state index is 11.6. The summed E-state index contributed by atoms with van der Waals surface area (Å²) in [5.74, 6) is 0.0934. The molecule has 1 N–H and O–H groups in total. The van der Waals surface area contributed by atoms with Gasteiger partial charge in [0.25, 0.3) is 0 Å². The number of hydrogen-bond acceptors (Lipinski definition) is 2. The van der Waals surface area contributed by atoms with Gasteiger partial charge in [0.05, 0.1) is 6.54 Å². The molecule has 0 aliphatic carbocycles. The van der Waals surface area contributed by atoms with E-state index in [0.717, 1.165) is 16.7 Å². The number of carbonyl (C=O) groups excluding carboxylic acids is 1. The van der Waals surface area contributed by atoms with Crippen molar-refractivity contribution in [3.8, 4) is 0 Å². The first-order chi connectivity index (χ1) is 7.54. The van der Waals surface area contributed by atoms with Gasteiger partial charge in [-0.2, -0.15) is 0 Å². The Kier molecular flexibility index (Phi) is 4.80. The molecular weight excluding hydrogens is 268 g/mol. The zero-order chi connectivity index (χ0) is 12.1. The lowest BCUT2D eigenvalue weighted by molar-refractivity contribution is -0.127. The lowest BCUT2D eigenvalue weighted by Crippen LogP contribution is -2.31. The number of nitrogens with zero attached hydrogens (tertiary/aromatic N) is 1. The number of hydrogen-bond donors (Lipinski definition) is 1. The fourth-order valence-corrected chi connectivity index (χ4v) is 1.64. The van der Waals surface area contributed by atoms with Gasteiger partial charge in [0.15, 0.2) is 0 Å². The molecule has 0 aliphatic heterocycles. The maximum Gasteiger partial charge on any atom is 0.241 e. The van der Waals surface area contributed by atoms with Crippen LogP contribution in [0.15, 0.2) is 22.7 Å². The van der Waals surface area contributed by atoms with Crippen LogP contribution in [0.5, 0.6) is 0 Å². The van der Waals surface area contributed by atoms with Crippen LogP contribution in [0.2, 0.25) is 0 Å². The molecule has 1 aromatic carbocycles. The van der Waals surface area contributed by atoms with Crippen LogP contribution in [0.1, 0.15) is 12.5 Å². The van der Waals surface area contributed by atoms with E-state index in [1.165, 1.54) is 5.56 Å². The average Bonchev–Trinajstić information content (AvgIpc) is 2.28. The van der Waals surface area contributed by atoms with Crippen molar-refractivity contribution in [2.75, 3.05) is 25.5 Å². The molecule has 1 aromatic rings. The molecular formula is C12H17BrN2O. The zero-order valence-corrected chi connectivity index (χ0v) is 11.5. The Labute approximate surface area is 105 Å². The molecule has 3 nitrogen and oxygen atoms in total. The minimum Gasteiger partial charge on any atom is -0.375 e. The highest BCUT2D eigenvalue weighted by molar-refractivity contribution is 9.10. The molecule has 0 heterocycles. The van der Waals surface area contributed by atoms with Gasteiger partial charge in [0.1, 0.15) is 0 Å². The minimum absolute atomic E-state index is 0.0934. The minimum atomic E-state index is 0.0934. The highest BCUT2D eigenvalue weighted by Crippen LogP contribution is 2.22. The maximum absolute atomic E-state index is 11.6. The van der Waals surface area contributed by atoms with Crippen LogP contribution in [0, 0.1) is 6.92 Å². The van der Waals surface area contributed by atoms with Crippen molar-refractivity contribution in [3.05, 3.63) is 28.2 Å². The van der Waals surface area contributed by atoms with E-state index >= 15 is 0 Å². The van der Waals surface area contributed by atoms with E-state index in [9.17, 15) is 4.79 Å². The molecule has 0 aromatic heterocycles. The second kappa shape index (κ2) is 5.89. The summed E-state index contributed by atoms with van der Waals surface area (Å²) in [5.41, 5.74) is 2.12. The first-order valence-electron chi connectivity index (χ1n) is 5.28. The predicted molar refractivity (Wildman–Crippen MR) is 70.7 cm³/mol. The molecule has 0 unspecified atom stereocenters. The summed E-state index contributed by atoms with van der Waals surface area (Å²) < 4.78 is 0.977. The normalized spacial score (nSPS) is 10.0. The summed E-state index contributed by atoms with van der Waals surface area (Å²) in [4.78, 5) is 13.3. The molecule has 1 rings (SSSR count). The first-order valence-corrected chi connectivity index (χ1v) is 6.08. The van der Waals surface area contributed by atoms with Crippen molar-refractivity contribution >= 4 is 27.5 Å². The van der Waals surface area contributed by atoms with E-state index in [4.69, 9.17) is 0 Å². The number of aryl methyl sites for hydroxylation is 1. The van der Waals surface area contributed by atoms with Crippen molar-refractivity contribution in [1.29, 1.82) is 0 Å². The van der Waals surface area contributed by atoms with Crippen molar-refractivity contribution in [2.45, 2.75) is 13.8 Å². The largest absolute Gasteiger partial charge is 0.375 e. The van der Waals surface area contributed by atoms with E-state index in [1.54, 1.807) is 11.9 Å². The molecule has 0 bridgehead atoms. The molecule has 4 heteroatoms. The average molecular weight is 285 g/mol. The fourth-order valence-electron chi connectivity index (χ4n) is 1.26. The molecule has 0 spiro atoms. The molecule has 88 valence electrons. The van der Waals surface area contributed by atoms with E-state index in [2.05, 4.69) is 21.2 Å². The van der Waals surface area contributed by atoms with Crippen molar-refractivity contribution < 1.29 is 4.79 Å². The third kappa shape index (κ3) is 3.52. The van der Waals surface area contributed by atoms with Gasteiger partial charge in [-0.25, -0.2) is 0 Å². The van der Waals surface area contributed by atoms with Crippen molar-refractivity contribution in [2.24, 2.45) is 0 Å². The lowest BCUT2D eigenvalue weighted by atomic mass is 10.2. The van der Waals surface area contributed by atoms with Crippen LogP contribution < -0.4 is 5.32 Å². The fraction of sp³-hybridized carbons (Fsp3) is 0.417. The van der Waals surface area contributed by atoms with Gasteiger partial charge in [-0.1, -0.05) is 6.07 Å². The van der Waals surface area contributed by atoms with Crippen LogP contribution in [0.4, 0.5) is 5.69 Å². The van der Waals surface area contributed by atoms with Gasteiger partial charge in [-0.05, 0) is 47.5 Å². The Bertz CT molecular complexity index is 379. The van der Waals surface area contributed by atoms with Crippen molar-refractivity contribution in [1.82, 2.24) is 4.90 Å². The van der Waals surface area contributed by atoms with E-state index in [1.807, 2.05) is 32.0 Å². The van der Waals surface area contributed by atoms with Gasteiger partial charge in [-0.3, -0.25) is 4.79 Å². The van der Waals surface area contributed by atoms with Gasteiger partial charge in [0.2, 0.25) is 5.91 Å². The van der Waals surface area contributed by atoms with Crippen molar-refractivity contribution in [3.63, 3.8) is 0 Å². The van der Waals surface area contributed by atoms with E-state index in [0.29, 0.717) is 6.54 Å². The number of amides is 1. The summed E-state index contributed by atoms with van der Waals surface area (Å²) in [5, 5.41) is 3.13. The molecule has 0 fully saturated rings. The highest BCUT2D eigenvalue weighted by atomic mass is 79.9. The Morgan fingerprint density at radius 1 is 1.50 bits per heavy atom. The summed E-state index contributed by atoms with van der Waals surface area (Å²) in [6, 6.07) is 6.02. The smallest absolute Gasteiger partial charge is 0.241 e. The number of nitrogens with one attached hydrogen (secondary N) is 1. The SMILES string of the molecule is CCN(C)C(=O)CNc1cc(C)ccc1Br. The second-order valence-corrected chi connectivity index (χ2v) is 4.60. The molecule has 0 aliphatic rings. The third-order valence-corrected chi connectivity index (χ3v) is 3.14. The van der Waals surface area contributed by atoms with Crippen LogP contribution in [-0.4, -0.2) is 30.9 Å². The molecule has 16 heavy (non-hydrogen) atoms. The molecule has 0 atom stereocenters. The van der Waals surface area contributed by atoms with Crippen LogP contribution in [0.3, 0.4) is 0 Å². The standard InChI is InChI=1S/C12H17BrN2O/c1-4-15(3)12(16)8-14-11-7-9(2)5-6-10(11)13/h5-7,14H,4,8H2,1-3H3.